The van der Waals surface area contributed by atoms with Crippen LogP contribution < -0.4 is 14.4 Å². The summed E-state index contributed by atoms with van der Waals surface area (Å²) in [7, 11) is 2.16. The number of aryl methyl sites for hydroxylation is 1. The highest BCUT2D eigenvalue weighted by Gasteiger charge is 2.46. The molecular formula is C38H49N7O3. The van der Waals surface area contributed by atoms with Crippen LogP contribution in [0.2, 0.25) is 0 Å². The lowest BCUT2D eigenvalue weighted by Gasteiger charge is -2.55. The number of aromatic nitrogens is 4. The van der Waals surface area contributed by atoms with Gasteiger partial charge in [0.1, 0.15) is 23.7 Å². The van der Waals surface area contributed by atoms with Crippen molar-refractivity contribution < 1.29 is 14.6 Å². The first-order valence-corrected chi connectivity index (χ1v) is 17.4. The lowest BCUT2D eigenvalue weighted by Crippen LogP contribution is -2.62. The molecule has 0 aliphatic carbocycles. The number of rotatable bonds is 10. The largest absolute Gasteiger partial charge is 0.490 e. The van der Waals surface area contributed by atoms with Crippen LogP contribution in [0.4, 0.5) is 5.82 Å². The van der Waals surface area contributed by atoms with Crippen molar-refractivity contribution in [3.8, 4) is 22.9 Å². The zero-order valence-corrected chi connectivity index (χ0v) is 28.8. The Balaban J connectivity index is 1.37. The van der Waals surface area contributed by atoms with Crippen LogP contribution in [0.1, 0.15) is 50.7 Å². The van der Waals surface area contributed by atoms with E-state index in [1.54, 1.807) is 6.08 Å². The van der Waals surface area contributed by atoms with Gasteiger partial charge in [-0.1, -0.05) is 39.1 Å². The van der Waals surface area contributed by atoms with E-state index in [1.807, 2.05) is 12.3 Å². The van der Waals surface area contributed by atoms with Crippen LogP contribution in [-0.4, -0.2) is 100 Å². The molecule has 2 aromatic heterocycles. The summed E-state index contributed by atoms with van der Waals surface area (Å²) in [4.78, 5) is 17.2. The molecule has 1 atom stereocenters. The first kappa shape index (κ1) is 32.6. The summed E-state index contributed by atoms with van der Waals surface area (Å²) in [5.74, 6) is 1.91. The summed E-state index contributed by atoms with van der Waals surface area (Å²) < 4.78 is 13.4. The van der Waals surface area contributed by atoms with E-state index in [-0.39, 0.29) is 11.5 Å². The maximum Gasteiger partial charge on any atom is 0.319 e. The molecule has 7 rings (SSSR count). The minimum Gasteiger partial charge on any atom is -0.490 e. The summed E-state index contributed by atoms with van der Waals surface area (Å²) in [5.41, 5.74) is 6.05. The molecule has 3 aliphatic rings. The normalized spacial score (nSPS) is 19.6. The number of hydrogen-bond acceptors (Lipinski definition) is 9. The smallest absolute Gasteiger partial charge is 0.319 e. The molecule has 2 N–H and O–H groups in total. The second-order valence-corrected chi connectivity index (χ2v) is 14.6. The molecule has 5 heterocycles. The van der Waals surface area contributed by atoms with Crippen molar-refractivity contribution in [2.45, 2.75) is 58.8 Å². The van der Waals surface area contributed by atoms with Gasteiger partial charge in [-0.2, -0.15) is 15.1 Å². The quantitative estimate of drug-likeness (QED) is 0.199. The predicted molar refractivity (Wildman–Crippen MR) is 193 cm³/mol. The van der Waals surface area contributed by atoms with E-state index in [2.05, 4.69) is 84.1 Å². The van der Waals surface area contributed by atoms with E-state index in [1.165, 1.54) is 0 Å². The van der Waals surface area contributed by atoms with Gasteiger partial charge in [-0.15, -0.1) is 0 Å². The number of aliphatic hydroxyl groups excluding tert-OH is 1. The number of benzene rings is 2. The third-order valence-electron chi connectivity index (χ3n) is 10.5. The van der Waals surface area contributed by atoms with Crippen LogP contribution in [0, 0.1) is 18.3 Å². The Bertz CT molecular complexity index is 1810. The fourth-order valence-corrected chi connectivity index (χ4v) is 7.69. The third kappa shape index (κ3) is 6.06. The summed E-state index contributed by atoms with van der Waals surface area (Å²) in [5, 5.41) is 19.8. The second kappa shape index (κ2) is 13.1. The molecule has 10 heteroatoms. The van der Waals surface area contributed by atoms with E-state index in [9.17, 15) is 5.11 Å². The summed E-state index contributed by atoms with van der Waals surface area (Å²) in [6.45, 7) is 20.5. The molecule has 0 radical (unpaired) electrons. The molecule has 10 nitrogen and oxygen atoms in total. The lowest BCUT2D eigenvalue weighted by atomic mass is 9.72. The van der Waals surface area contributed by atoms with Gasteiger partial charge in [-0.3, -0.25) is 10.00 Å². The number of piperidine rings is 2. The SMILES string of the molecule is C=Cc1cc2c(N3CCC4(CC3)CN(C(O)C=C)C4)nc(OC3CCN(C)CC3)nc2c(OCC(C)C)c1-c1c(C)ccc2[nH]ncc12. The number of likely N-dealkylation sites (tertiary alicyclic amines) is 2. The molecule has 0 bridgehead atoms. The number of aromatic amines is 1. The van der Waals surface area contributed by atoms with Crippen LogP contribution in [0.25, 0.3) is 39.0 Å². The summed E-state index contributed by atoms with van der Waals surface area (Å²) >= 11 is 0. The molecule has 3 aliphatic heterocycles. The third-order valence-corrected chi connectivity index (χ3v) is 10.5. The minimum absolute atomic E-state index is 0.0576. The first-order chi connectivity index (χ1) is 23.2. The van der Waals surface area contributed by atoms with Gasteiger partial charge in [0.15, 0.2) is 5.75 Å². The first-order valence-electron chi connectivity index (χ1n) is 17.4. The maximum absolute atomic E-state index is 10.3. The van der Waals surface area contributed by atoms with E-state index in [0.29, 0.717) is 18.5 Å². The van der Waals surface area contributed by atoms with Crippen molar-refractivity contribution in [2.75, 3.05) is 57.8 Å². The van der Waals surface area contributed by atoms with Crippen molar-refractivity contribution in [2.24, 2.45) is 11.3 Å². The number of nitrogens with one attached hydrogen (secondary N) is 1. The number of anilines is 1. The Kier molecular flexibility index (Phi) is 8.91. The average molecular weight is 652 g/mol. The zero-order valence-electron chi connectivity index (χ0n) is 28.8. The van der Waals surface area contributed by atoms with Gasteiger partial charge in [-0.25, -0.2) is 0 Å². The molecule has 254 valence electrons. The van der Waals surface area contributed by atoms with Crippen LogP contribution >= 0.6 is 0 Å². The van der Waals surface area contributed by atoms with Gasteiger partial charge >= 0.3 is 6.01 Å². The fourth-order valence-electron chi connectivity index (χ4n) is 7.69. The van der Waals surface area contributed by atoms with Crippen molar-refractivity contribution in [1.82, 2.24) is 30.0 Å². The molecular weight excluding hydrogens is 602 g/mol. The van der Waals surface area contributed by atoms with Gasteiger partial charge in [-0.05, 0) is 85.9 Å². The minimum atomic E-state index is -0.578. The molecule has 1 unspecified atom stereocenters. The Morgan fingerprint density at radius 3 is 2.50 bits per heavy atom. The molecule has 0 saturated carbocycles. The molecule has 48 heavy (non-hydrogen) atoms. The lowest BCUT2D eigenvalue weighted by molar-refractivity contribution is -0.0982. The average Bonchev–Trinajstić information content (AvgIpc) is 3.55. The van der Waals surface area contributed by atoms with Crippen LogP contribution in [-0.2, 0) is 0 Å². The van der Waals surface area contributed by atoms with Gasteiger partial charge in [0.05, 0.1) is 18.3 Å². The molecule has 4 aromatic rings. The van der Waals surface area contributed by atoms with E-state index in [4.69, 9.17) is 19.4 Å². The monoisotopic (exact) mass is 651 g/mol. The number of ether oxygens (including phenoxy) is 2. The van der Waals surface area contributed by atoms with Gasteiger partial charge in [0, 0.05) is 55.6 Å². The molecule has 1 spiro atoms. The highest BCUT2D eigenvalue weighted by molar-refractivity contribution is 6.07. The Morgan fingerprint density at radius 1 is 1.06 bits per heavy atom. The van der Waals surface area contributed by atoms with Gasteiger partial charge in [0.25, 0.3) is 0 Å². The fraction of sp³-hybridized carbons (Fsp3) is 0.500. The van der Waals surface area contributed by atoms with Gasteiger partial charge < -0.3 is 24.4 Å². The number of nitrogens with zero attached hydrogens (tertiary/aromatic N) is 6. The topological polar surface area (TPSA) is 103 Å². The standard InChI is InChI=1S/C38H49N7O3/c1-7-26-19-28-34(35(47-21-24(3)4)33(26)32-25(5)9-10-30-29(32)20-39-42-30)40-37(48-27-11-15-43(6)16-12-27)41-36(28)44-17-13-38(14-18-44)22-45(23-38)31(46)8-2/h7-10,19-20,24,27,31,46H,1-2,11-18,21-23H2,3-6H3,(H,39,42). The Morgan fingerprint density at radius 2 is 1.81 bits per heavy atom. The van der Waals surface area contributed by atoms with E-state index >= 15 is 0 Å². The number of H-pyrrole nitrogens is 1. The van der Waals surface area contributed by atoms with Crippen molar-refractivity contribution in [3.63, 3.8) is 0 Å². The second-order valence-electron chi connectivity index (χ2n) is 14.6. The van der Waals surface area contributed by atoms with E-state index in [0.717, 1.165) is 121 Å². The van der Waals surface area contributed by atoms with Crippen molar-refractivity contribution >= 4 is 33.7 Å². The molecule has 0 amide bonds. The highest BCUT2D eigenvalue weighted by atomic mass is 16.5. The van der Waals surface area contributed by atoms with Crippen molar-refractivity contribution in [3.05, 3.63) is 54.8 Å². The number of fused-ring (bicyclic) bond motifs is 2. The summed E-state index contributed by atoms with van der Waals surface area (Å²) in [6.07, 6.45) is 8.82. The maximum atomic E-state index is 10.3. The highest BCUT2D eigenvalue weighted by Crippen LogP contribution is 2.48. The zero-order chi connectivity index (χ0) is 33.6. The summed E-state index contributed by atoms with van der Waals surface area (Å²) in [6, 6.07) is 6.78. The van der Waals surface area contributed by atoms with Crippen molar-refractivity contribution in [1.29, 1.82) is 0 Å². The number of aliphatic hydroxyl groups is 1. The predicted octanol–water partition coefficient (Wildman–Crippen LogP) is 6.04. The Hall–Kier alpha value is -3.99. The van der Waals surface area contributed by atoms with Crippen LogP contribution in [0.5, 0.6) is 11.8 Å². The molecule has 2 aromatic carbocycles. The molecule has 3 saturated heterocycles. The molecule has 3 fully saturated rings. The van der Waals surface area contributed by atoms with Crippen LogP contribution in [0.15, 0.2) is 43.6 Å². The number of hydrogen-bond donors (Lipinski definition) is 2. The van der Waals surface area contributed by atoms with E-state index < -0.39 is 6.23 Å². The van der Waals surface area contributed by atoms with Gasteiger partial charge in [0.2, 0.25) is 0 Å². The van der Waals surface area contributed by atoms with Crippen LogP contribution in [0.3, 0.4) is 0 Å². The Labute approximate surface area is 283 Å².